The van der Waals surface area contributed by atoms with Gasteiger partial charge in [-0.2, -0.15) is 0 Å². The zero-order valence-electron chi connectivity index (χ0n) is 12.8. The summed E-state index contributed by atoms with van der Waals surface area (Å²) in [6, 6.07) is 14.0. The molecule has 0 aliphatic heterocycles. The highest BCUT2D eigenvalue weighted by molar-refractivity contribution is 6.30. The van der Waals surface area contributed by atoms with Crippen molar-refractivity contribution in [1.82, 2.24) is 0 Å². The van der Waals surface area contributed by atoms with Crippen LogP contribution in [0.25, 0.3) is 0 Å². The minimum atomic E-state index is -1.01. The maximum absolute atomic E-state index is 12.7. The Labute approximate surface area is 135 Å². The Morgan fingerprint density at radius 1 is 1.09 bits per heavy atom. The number of rotatable bonds is 4. The molecule has 2 aromatic rings. The van der Waals surface area contributed by atoms with Gasteiger partial charge in [-0.05, 0) is 62.4 Å². The van der Waals surface area contributed by atoms with Crippen molar-refractivity contribution < 1.29 is 9.53 Å². The minimum absolute atomic E-state index is 0.161. The Morgan fingerprint density at radius 3 is 2.18 bits per heavy atom. The molecule has 0 atom stereocenters. The number of nitrogens with zero attached hydrogens (tertiary/aromatic N) is 1. The highest BCUT2D eigenvalue weighted by atomic mass is 35.5. The molecule has 0 unspecified atom stereocenters. The second kappa shape index (κ2) is 6.28. The third-order valence-electron chi connectivity index (χ3n) is 3.29. The van der Waals surface area contributed by atoms with Crippen LogP contribution in [0, 0.1) is 0 Å². The average Bonchev–Trinajstić information content (AvgIpc) is 2.48. The van der Waals surface area contributed by atoms with Crippen molar-refractivity contribution in [1.29, 1.82) is 0 Å². The molecule has 0 aliphatic rings. The van der Waals surface area contributed by atoms with Gasteiger partial charge in [0.1, 0.15) is 5.75 Å². The summed E-state index contributed by atoms with van der Waals surface area (Å²) in [4.78, 5) is 14.2. The lowest BCUT2D eigenvalue weighted by atomic mass is 10.1. The van der Waals surface area contributed by atoms with Gasteiger partial charge >= 0.3 is 0 Å². The van der Waals surface area contributed by atoms with Crippen molar-refractivity contribution in [3.63, 3.8) is 0 Å². The maximum Gasteiger partial charge on any atom is 0.270 e. The molecule has 0 aromatic heterocycles. The molecule has 22 heavy (non-hydrogen) atoms. The second-order valence-electron chi connectivity index (χ2n) is 5.52. The number of carbonyl (C=O) groups excluding carboxylic acids is 1. The highest BCUT2D eigenvalue weighted by Gasteiger charge is 2.33. The van der Waals surface area contributed by atoms with Crippen molar-refractivity contribution >= 4 is 28.9 Å². The summed E-state index contributed by atoms with van der Waals surface area (Å²) in [6.45, 7) is 3.47. The molecule has 2 rings (SSSR count). The number of nitrogens with two attached hydrogens (primary N) is 1. The molecule has 2 N–H and O–H groups in total. The van der Waals surface area contributed by atoms with E-state index in [-0.39, 0.29) is 5.91 Å². The van der Waals surface area contributed by atoms with Crippen molar-refractivity contribution in [2.24, 2.45) is 0 Å². The van der Waals surface area contributed by atoms with Crippen molar-refractivity contribution in [2.75, 3.05) is 17.7 Å². The summed E-state index contributed by atoms with van der Waals surface area (Å²) in [6.07, 6.45) is 0. The van der Waals surface area contributed by atoms with Crippen LogP contribution in [-0.2, 0) is 4.79 Å². The van der Waals surface area contributed by atoms with E-state index in [4.69, 9.17) is 22.1 Å². The molecular weight excluding hydrogens is 300 g/mol. The fourth-order valence-corrected chi connectivity index (χ4v) is 2.19. The van der Waals surface area contributed by atoms with E-state index in [1.807, 2.05) is 0 Å². The topological polar surface area (TPSA) is 55.6 Å². The molecule has 2 aromatic carbocycles. The molecule has 0 saturated heterocycles. The highest BCUT2D eigenvalue weighted by Crippen LogP contribution is 2.24. The minimum Gasteiger partial charge on any atom is -0.478 e. The van der Waals surface area contributed by atoms with Crippen LogP contribution in [0.5, 0.6) is 5.75 Å². The van der Waals surface area contributed by atoms with E-state index in [1.165, 1.54) is 0 Å². The largest absolute Gasteiger partial charge is 0.478 e. The Morgan fingerprint density at radius 2 is 1.64 bits per heavy atom. The normalized spacial score (nSPS) is 11.1. The number of likely N-dealkylation sites (N-methyl/N-ethyl adjacent to an activating group) is 1. The van der Waals surface area contributed by atoms with E-state index in [9.17, 15) is 4.79 Å². The lowest BCUT2D eigenvalue weighted by Gasteiger charge is -2.30. The van der Waals surface area contributed by atoms with Crippen LogP contribution in [0.1, 0.15) is 13.8 Å². The van der Waals surface area contributed by atoms with Crippen LogP contribution in [0.3, 0.4) is 0 Å². The number of carbonyl (C=O) groups is 1. The third kappa shape index (κ3) is 3.71. The summed E-state index contributed by atoms with van der Waals surface area (Å²) in [5.74, 6) is 0.434. The van der Waals surface area contributed by atoms with Crippen LogP contribution >= 0.6 is 11.6 Å². The number of hydrogen-bond donors (Lipinski definition) is 1. The Kier molecular flexibility index (Phi) is 4.62. The van der Waals surface area contributed by atoms with Crippen LogP contribution < -0.4 is 15.4 Å². The lowest BCUT2D eigenvalue weighted by molar-refractivity contribution is -0.131. The first kappa shape index (κ1) is 16.2. The monoisotopic (exact) mass is 318 g/mol. The number of nitrogen functional groups attached to an aromatic ring is 1. The van der Waals surface area contributed by atoms with E-state index in [1.54, 1.807) is 74.3 Å². The van der Waals surface area contributed by atoms with Gasteiger partial charge in [0.2, 0.25) is 0 Å². The lowest BCUT2D eigenvalue weighted by Crippen LogP contribution is -2.47. The average molecular weight is 319 g/mol. The van der Waals surface area contributed by atoms with Crippen molar-refractivity contribution in [2.45, 2.75) is 19.4 Å². The molecule has 0 radical (unpaired) electrons. The zero-order chi connectivity index (χ0) is 16.3. The summed E-state index contributed by atoms with van der Waals surface area (Å²) < 4.78 is 5.81. The summed E-state index contributed by atoms with van der Waals surface area (Å²) in [7, 11) is 1.71. The number of amides is 1. The van der Waals surface area contributed by atoms with Crippen LogP contribution in [0.15, 0.2) is 48.5 Å². The predicted molar refractivity (Wildman–Crippen MR) is 90.4 cm³/mol. The van der Waals surface area contributed by atoms with Crippen molar-refractivity contribution in [3.05, 3.63) is 53.6 Å². The molecule has 0 spiro atoms. The zero-order valence-corrected chi connectivity index (χ0v) is 13.6. The number of benzene rings is 2. The van der Waals surface area contributed by atoms with Gasteiger partial charge in [0.05, 0.1) is 0 Å². The summed E-state index contributed by atoms with van der Waals surface area (Å²) >= 11 is 5.87. The van der Waals surface area contributed by atoms with Gasteiger partial charge in [-0.3, -0.25) is 4.79 Å². The number of anilines is 2. The molecular formula is C17H19ClN2O2. The van der Waals surface area contributed by atoms with Crippen LogP contribution in [-0.4, -0.2) is 18.6 Å². The molecule has 0 bridgehead atoms. The van der Waals surface area contributed by atoms with Gasteiger partial charge in [0, 0.05) is 23.4 Å². The molecule has 4 nitrogen and oxygen atoms in total. The van der Waals surface area contributed by atoms with E-state index in [2.05, 4.69) is 0 Å². The molecule has 0 fully saturated rings. The summed E-state index contributed by atoms with van der Waals surface area (Å²) in [5.41, 5.74) is 6.04. The molecule has 0 aliphatic carbocycles. The Bertz CT molecular complexity index is 651. The number of hydrogen-bond acceptors (Lipinski definition) is 3. The van der Waals surface area contributed by atoms with E-state index in [0.717, 1.165) is 5.69 Å². The van der Waals surface area contributed by atoms with Gasteiger partial charge in [-0.25, -0.2) is 0 Å². The van der Waals surface area contributed by atoms with Gasteiger partial charge in [0.25, 0.3) is 5.91 Å². The Hall–Kier alpha value is -2.20. The maximum atomic E-state index is 12.7. The van der Waals surface area contributed by atoms with Crippen molar-refractivity contribution in [3.8, 4) is 5.75 Å². The SMILES string of the molecule is CN(C(=O)C(C)(C)Oc1ccc(N)cc1)c1ccc(Cl)cc1. The molecule has 0 heterocycles. The molecule has 0 saturated carbocycles. The number of ether oxygens (including phenoxy) is 1. The van der Waals surface area contributed by atoms with Gasteiger partial charge in [-0.1, -0.05) is 11.6 Å². The first-order valence-electron chi connectivity index (χ1n) is 6.88. The van der Waals surface area contributed by atoms with Crippen LogP contribution in [0.2, 0.25) is 5.02 Å². The van der Waals surface area contributed by atoms with Crippen LogP contribution in [0.4, 0.5) is 11.4 Å². The Balaban J connectivity index is 2.15. The molecule has 5 heteroatoms. The van der Waals surface area contributed by atoms with Gasteiger partial charge < -0.3 is 15.4 Å². The quantitative estimate of drug-likeness (QED) is 0.874. The predicted octanol–water partition coefficient (Wildman–Crippen LogP) is 3.74. The van der Waals surface area contributed by atoms with E-state index >= 15 is 0 Å². The summed E-state index contributed by atoms with van der Waals surface area (Å²) in [5, 5.41) is 0.627. The smallest absolute Gasteiger partial charge is 0.270 e. The first-order chi connectivity index (χ1) is 10.3. The van der Waals surface area contributed by atoms with Gasteiger partial charge in [-0.15, -0.1) is 0 Å². The molecule has 1 amide bonds. The standard InChI is InChI=1S/C17H19ClN2O2/c1-17(2,22-15-10-6-13(19)7-11-15)16(21)20(3)14-8-4-12(18)5-9-14/h4-11H,19H2,1-3H3. The van der Waals surface area contributed by atoms with E-state index < -0.39 is 5.60 Å². The number of halogens is 1. The van der Waals surface area contributed by atoms with E-state index in [0.29, 0.717) is 16.5 Å². The van der Waals surface area contributed by atoms with Gasteiger partial charge in [0.15, 0.2) is 5.60 Å². The fourth-order valence-electron chi connectivity index (χ4n) is 2.06. The first-order valence-corrected chi connectivity index (χ1v) is 7.26. The second-order valence-corrected chi connectivity index (χ2v) is 5.96. The third-order valence-corrected chi connectivity index (χ3v) is 3.54. The molecule has 116 valence electrons. The fraction of sp³-hybridized carbons (Fsp3) is 0.235.